The Morgan fingerprint density at radius 3 is 2.40 bits per heavy atom. The number of terminal acetylenes is 1. The first-order chi connectivity index (χ1) is 14.1. The van der Waals surface area contributed by atoms with Gasteiger partial charge in [0.1, 0.15) is 5.82 Å². The van der Waals surface area contributed by atoms with Crippen molar-refractivity contribution in [2.24, 2.45) is 5.41 Å². The summed E-state index contributed by atoms with van der Waals surface area (Å²) in [6.45, 7) is 0.667. The molecule has 4 nitrogen and oxygen atoms in total. The number of nitrogens with one attached hydrogen (secondary N) is 1. The molecular formula is C22H21F4N3O. The van der Waals surface area contributed by atoms with Crippen LogP contribution in [0.2, 0.25) is 0 Å². The molecular weight excluding hydrogens is 398 g/mol. The number of amides is 1. The van der Waals surface area contributed by atoms with E-state index in [9.17, 15) is 22.4 Å². The number of rotatable bonds is 7. The van der Waals surface area contributed by atoms with Gasteiger partial charge in [0.2, 0.25) is 5.91 Å². The van der Waals surface area contributed by atoms with Crippen molar-refractivity contribution in [3.8, 4) is 12.3 Å². The van der Waals surface area contributed by atoms with Crippen LogP contribution in [0.25, 0.3) is 0 Å². The molecule has 2 aromatic carbocycles. The van der Waals surface area contributed by atoms with E-state index < -0.39 is 23.9 Å². The molecule has 1 aliphatic carbocycles. The number of hydrogen-bond donors (Lipinski definition) is 2. The lowest BCUT2D eigenvalue weighted by Crippen LogP contribution is -2.29. The summed E-state index contributed by atoms with van der Waals surface area (Å²) in [6, 6.07) is 10.8. The van der Waals surface area contributed by atoms with Crippen molar-refractivity contribution in [2.45, 2.75) is 32.0 Å². The highest BCUT2D eigenvalue weighted by molar-refractivity contribution is 5.95. The summed E-state index contributed by atoms with van der Waals surface area (Å²) in [7, 11) is 0. The molecule has 0 aromatic heterocycles. The smallest absolute Gasteiger partial charge is 0.395 e. The van der Waals surface area contributed by atoms with Gasteiger partial charge in [-0.3, -0.25) is 4.79 Å². The normalized spacial score (nSPS) is 14.6. The summed E-state index contributed by atoms with van der Waals surface area (Å²) in [5.41, 5.74) is 6.06. The fraction of sp³-hybridized carbons (Fsp3) is 0.318. The first-order valence-corrected chi connectivity index (χ1v) is 9.32. The van der Waals surface area contributed by atoms with Crippen molar-refractivity contribution < 1.29 is 22.4 Å². The second-order valence-corrected chi connectivity index (χ2v) is 7.46. The van der Waals surface area contributed by atoms with E-state index in [-0.39, 0.29) is 36.6 Å². The SMILES string of the molecule is C#CCN(Cc1ccc(F)cc1)c1ccc(NC(=O)CC2(C(F)(F)F)CC2)c(N)c1. The Hall–Kier alpha value is -3.21. The average Bonchev–Trinajstić information content (AvgIpc) is 3.45. The summed E-state index contributed by atoms with van der Waals surface area (Å²) in [5.74, 6) is 1.48. The molecule has 0 atom stereocenters. The molecule has 2 aromatic rings. The van der Waals surface area contributed by atoms with E-state index in [1.165, 1.54) is 18.2 Å². The van der Waals surface area contributed by atoms with E-state index in [4.69, 9.17) is 12.2 Å². The standard InChI is InChI=1S/C22H21F4N3O/c1-2-11-29(14-15-3-5-16(23)6-4-15)17-7-8-19(18(27)12-17)28-20(30)13-21(9-10-21)22(24,25)26/h1,3-8,12H,9-11,13-14,27H2,(H,28,30). The van der Waals surface area contributed by atoms with Crippen molar-refractivity contribution in [3.63, 3.8) is 0 Å². The van der Waals surface area contributed by atoms with Gasteiger partial charge >= 0.3 is 6.18 Å². The number of nitrogens with two attached hydrogens (primary N) is 1. The van der Waals surface area contributed by atoms with Crippen molar-refractivity contribution >= 4 is 23.0 Å². The Morgan fingerprint density at radius 2 is 1.87 bits per heavy atom. The van der Waals surface area contributed by atoms with E-state index in [0.717, 1.165) is 5.56 Å². The van der Waals surface area contributed by atoms with Gasteiger partial charge in [-0.2, -0.15) is 13.2 Å². The van der Waals surface area contributed by atoms with Gasteiger partial charge in [0, 0.05) is 18.7 Å². The molecule has 0 unspecified atom stereocenters. The van der Waals surface area contributed by atoms with Crippen LogP contribution >= 0.6 is 0 Å². The van der Waals surface area contributed by atoms with Gasteiger partial charge in [-0.25, -0.2) is 4.39 Å². The fourth-order valence-corrected chi connectivity index (χ4v) is 3.23. The van der Waals surface area contributed by atoms with Crippen LogP contribution < -0.4 is 16.0 Å². The third kappa shape index (κ3) is 4.85. The Morgan fingerprint density at radius 1 is 1.20 bits per heavy atom. The fourth-order valence-electron chi connectivity index (χ4n) is 3.23. The van der Waals surface area contributed by atoms with Gasteiger partial charge in [0.15, 0.2) is 0 Å². The van der Waals surface area contributed by atoms with E-state index in [1.54, 1.807) is 24.3 Å². The molecule has 1 fully saturated rings. The predicted octanol–water partition coefficient (Wildman–Crippen LogP) is 4.72. The lowest BCUT2D eigenvalue weighted by Gasteiger charge is -2.24. The summed E-state index contributed by atoms with van der Waals surface area (Å²) in [5, 5.41) is 2.47. The Kier molecular flexibility index (Phi) is 5.92. The van der Waals surface area contributed by atoms with Crippen molar-refractivity contribution in [2.75, 3.05) is 22.5 Å². The first-order valence-electron chi connectivity index (χ1n) is 9.32. The maximum Gasteiger partial charge on any atom is 0.395 e. The zero-order chi connectivity index (χ0) is 21.9. The third-order valence-electron chi connectivity index (χ3n) is 5.20. The molecule has 0 spiro atoms. The summed E-state index contributed by atoms with van der Waals surface area (Å²) >= 11 is 0. The zero-order valence-corrected chi connectivity index (χ0v) is 16.1. The minimum absolute atomic E-state index is 0.0389. The number of alkyl halides is 3. The minimum Gasteiger partial charge on any atom is -0.397 e. The first kappa shape index (κ1) is 21.5. The molecule has 0 bridgehead atoms. The van der Waals surface area contributed by atoms with Crippen LogP contribution in [0, 0.1) is 23.6 Å². The number of halogens is 4. The maximum atomic E-state index is 13.1. The Bertz CT molecular complexity index is 960. The lowest BCUT2D eigenvalue weighted by molar-refractivity contribution is -0.189. The third-order valence-corrected chi connectivity index (χ3v) is 5.20. The van der Waals surface area contributed by atoms with Crippen molar-refractivity contribution in [1.29, 1.82) is 0 Å². The van der Waals surface area contributed by atoms with Crippen LogP contribution in [0.3, 0.4) is 0 Å². The molecule has 8 heteroatoms. The summed E-state index contributed by atoms with van der Waals surface area (Å²) in [6.07, 6.45) is 0.356. The average molecular weight is 419 g/mol. The largest absolute Gasteiger partial charge is 0.397 e. The van der Waals surface area contributed by atoms with Crippen LogP contribution in [-0.4, -0.2) is 18.6 Å². The molecule has 1 saturated carbocycles. The van der Waals surface area contributed by atoms with E-state index in [2.05, 4.69) is 11.2 Å². The van der Waals surface area contributed by atoms with Crippen molar-refractivity contribution in [3.05, 3.63) is 53.8 Å². The molecule has 3 rings (SSSR count). The van der Waals surface area contributed by atoms with Crippen LogP contribution in [0.4, 0.5) is 34.6 Å². The highest BCUT2D eigenvalue weighted by Crippen LogP contribution is 2.60. The van der Waals surface area contributed by atoms with Crippen LogP contribution in [-0.2, 0) is 11.3 Å². The highest BCUT2D eigenvalue weighted by atomic mass is 19.4. The lowest BCUT2D eigenvalue weighted by atomic mass is 10.0. The number of nitrogen functional groups attached to an aromatic ring is 1. The molecule has 1 amide bonds. The van der Waals surface area contributed by atoms with Crippen LogP contribution in [0.15, 0.2) is 42.5 Å². The summed E-state index contributed by atoms with van der Waals surface area (Å²) < 4.78 is 52.2. The number of carbonyl (C=O) groups excluding carboxylic acids is 1. The molecule has 0 heterocycles. The van der Waals surface area contributed by atoms with Gasteiger partial charge in [-0.15, -0.1) is 6.42 Å². The quantitative estimate of drug-likeness (QED) is 0.388. The molecule has 1 aliphatic rings. The molecule has 0 saturated heterocycles. The second-order valence-electron chi connectivity index (χ2n) is 7.46. The number of benzene rings is 2. The highest BCUT2D eigenvalue weighted by Gasteiger charge is 2.63. The van der Waals surface area contributed by atoms with Gasteiger partial charge in [0.25, 0.3) is 0 Å². The number of carbonyl (C=O) groups is 1. The van der Waals surface area contributed by atoms with Crippen LogP contribution in [0.5, 0.6) is 0 Å². The summed E-state index contributed by atoms with van der Waals surface area (Å²) in [4.78, 5) is 14.0. The molecule has 158 valence electrons. The second kappa shape index (κ2) is 8.27. The van der Waals surface area contributed by atoms with E-state index >= 15 is 0 Å². The van der Waals surface area contributed by atoms with Gasteiger partial charge in [-0.1, -0.05) is 18.1 Å². The molecule has 0 aliphatic heterocycles. The molecule has 3 N–H and O–H groups in total. The monoisotopic (exact) mass is 419 g/mol. The van der Waals surface area contributed by atoms with Crippen LogP contribution in [0.1, 0.15) is 24.8 Å². The number of hydrogen-bond acceptors (Lipinski definition) is 3. The van der Waals surface area contributed by atoms with Gasteiger partial charge in [0.05, 0.1) is 23.3 Å². The Labute approximate surface area is 172 Å². The minimum atomic E-state index is -4.39. The van der Waals surface area contributed by atoms with Crippen molar-refractivity contribution in [1.82, 2.24) is 0 Å². The van der Waals surface area contributed by atoms with E-state index in [0.29, 0.717) is 12.2 Å². The van der Waals surface area contributed by atoms with Gasteiger partial charge in [-0.05, 0) is 48.7 Å². The van der Waals surface area contributed by atoms with E-state index in [1.807, 2.05) is 4.90 Å². The Balaban J connectivity index is 1.70. The number of anilines is 3. The number of nitrogens with zero attached hydrogens (tertiary/aromatic N) is 1. The molecule has 30 heavy (non-hydrogen) atoms. The zero-order valence-electron chi connectivity index (χ0n) is 16.1. The molecule has 0 radical (unpaired) electrons. The topological polar surface area (TPSA) is 58.4 Å². The van der Waals surface area contributed by atoms with Gasteiger partial charge < -0.3 is 16.0 Å². The predicted molar refractivity (Wildman–Crippen MR) is 108 cm³/mol. The maximum absolute atomic E-state index is 13.1.